The minimum absolute atomic E-state index is 0.741. The first-order valence-corrected chi connectivity index (χ1v) is 8.44. The molecule has 0 heterocycles. The molecule has 1 aliphatic carbocycles. The average molecular weight is 269 g/mol. The summed E-state index contributed by atoms with van der Waals surface area (Å²) in [6.07, 6.45) is 7.81. The predicted molar refractivity (Wildman–Crippen MR) is 83.5 cm³/mol. The van der Waals surface area contributed by atoms with E-state index in [0.717, 1.165) is 37.0 Å². The molecule has 0 bridgehead atoms. The molecule has 0 saturated heterocycles. The summed E-state index contributed by atoms with van der Waals surface area (Å²) < 4.78 is 5.81. The van der Waals surface area contributed by atoms with Gasteiger partial charge in [-0.25, -0.2) is 0 Å². The minimum Gasteiger partial charge on any atom is -0.381 e. The fourth-order valence-electron chi connectivity index (χ4n) is 3.07. The molecule has 3 atom stereocenters. The monoisotopic (exact) mass is 269 g/mol. The molecular formula is C17H35NO. The zero-order valence-corrected chi connectivity index (χ0v) is 13.6. The van der Waals surface area contributed by atoms with E-state index < -0.39 is 0 Å². The molecule has 2 heteroatoms. The second-order valence-electron chi connectivity index (χ2n) is 6.82. The molecule has 2 nitrogen and oxygen atoms in total. The van der Waals surface area contributed by atoms with E-state index in [9.17, 15) is 0 Å². The Kier molecular flexibility index (Phi) is 8.72. The Morgan fingerprint density at radius 2 is 2.00 bits per heavy atom. The van der Waals surface area contributed by atoms with Gasteiger partial charge < -0.3 is 10.1 Å². The van der Waals surface area contributed by atoms with E-state index in [2.05, 4.69) is 33.0 Å². The van der Waals surface area contributed by atoms with E-state index in [1.807, 2.05) is 0 Å². The summed E-state index contributed by atoms with van der Waals surface area (Å²) >= 11 is 0. The van der Waals surface area contributed by atoms with Crippen molar-refractivity contribution in [2.24, 2.45) is 17.8 Å². The topological polar surface area (TPSA) is 21.3 Å². The molecule has 0 radical (unpaired) electrons. The van der Waals surface area contributed by atoms with Crippen molar-refractivity contribution in [3.05, 3.63) is 0 Å². The smallest absolute Gasteiger partial charge is 0.0469 e. The highest BCUT2D eigenvalue weighted by Crippen LogP contribution is 2.31. The van der Waals surface area contributed by atoms with Crippen molar-refractivity contribution in [2.75, 3.05) is 19.8 Å². The summed E-state index contributed by atoms with van der Waals surface area (Å²) in [6, 6.07) is 0.741. The molecule has 1 aliphatic rings. The van der Waals surface area contributed by atoms with Gasteiger partial charge in [0, 0.05) is 19.3 Å². The molecule has 0 aromatic heterocycles. The highest BCUT2D eigenvalue weighted by Gasteiger charge is 2.27. The van der Waals surface area contributed by atoms with E-state index >= 15 is 0 Å². The third-order valence-electron chi connectivity index (χ3n) is 4.37. The summed E-state index contributed by atoms with van der Waals surface area (Å²) in [4.78, 5) is 0. The van der Waals surface area contributed by atoms with Gasteiger partial charge in [-0.3, -0.25) is 0 Å². The predicted octanol–water partition coefficient (Wildman–Crippen LogP) is 4.24. The van der Waals surface area contributed by atoms with Crippen LogP contribution in [-0.2, 0) is 4.74 Å². The van der Waals surface area contributed by atoms with Crippen LogP contribution in [0.2, 0.25) is 0 Å². The Morgan fingerprint density at radius 1 is 1.21 bits per heavy atom. The summed E-state index contributed by atoms with van der Waals surface area (Å²) in [6.45, 7) is 12.2. The van der Waals surface area contributed by atoms with Crippen molar-refractivity contribution < 1.29 is 4.74 Å². The average Bonchev–Trinajstić information content (AvgIpc) is 2.37. The van der Waals surface area contributed by atoms with E-state index in [1.165, 1.54) is 45.1 Å². The van der Waals surface area contributed by atoms with Crippen LogP contribution in [0.3, 0.4) is 0 Å². The lowest BCUT2D eigenvalue weighted by molar-refractivity contribution is 0.0912. The van der Waals surface area contributed by atoms with Gasteiger partial charge in [-0.1, -0.05) is 27.7 Å². The maximum Gasteiger partial charge on any atom is 0.0469 e. The van der Waals surface area contributed by atoms with Crippen molar-refractivity contribution in [1.82, 2.24) is 5.32 Å². The summed E-state index contributed by atoms with van der Waals surface area (Å²) in [5, 5.41) is 3.75. The Bertz CT molecular complexity index is 215. The molecule has 3 unspecified atom stereocenters. The summed E-state index contributed by atoms with van der Waals surface area (Å²) in [5.74, 6) is 2.49. The van der Waals surface area contributed by atoms with Crippen molar-refractivity contribution in [3.63, 3.8) is 0 Å². The third-order valence-corrected chi connectivity index (χ3v) is 4.37. The highest BCUT2D eigenvalue weighted by atomic mass is 16.5. The van der Waals surface area contributed by atoms with Gasteiger partial charge in [0.05, 0.1) is 0 Å². The van der Waals surface area contributed by atoms with Crippen LogP contribution in [0.1, 0.15) is 66.2 Å². The van der Waals surface area contributed by atoms with Crippen molar-refractivity contribution >= 4 is 0 Å². The van der Waals surface area contributed by atoms with E-state index in [0.29, 0.717) is 0 Å². The van der Waals surface area contributed by atoms with Gasteiger partial charge in [0.15, 0.2) is 0 Å². The number of rotatable bonds is 9. The summed E-state index contributed by atoms with van der Waals surface area (Å²) in [7, 11) is 0. The molecule has 0 aromatic carbocycles. The SMILES string of the molecule is CCCNC1CCC(C)CC1CCOCCC(C)C. The highest BCUT2D eigenvalue weighted by molar-refractivity contribution is 4.83. The van der Waals surface area contributed by atoms with Gasteiger partial charge in [0.2, 0.25) is 0 Å². The van der Waals surface area contributed by atoms with Crippen LogP contribution in [0.4, 0.5) is 0 Å². The van der Waals surface area contributed by atoms with Gasteiger partial charge in [0.1, 0.15) is 0 Å². The molecule has 0 aliphatic heterocycles. The van der Waals surface area contributed by atoms with Crippen molar-refractivity contribution in [3.8, 4) is 0 Å². The maximum absolute atomic E-state index is 5.81. The number of ether oxygens (including phenoxy) is 1. The lowest BCUT2D eigenvalue weighted by atomic mass is 9.77. The molecule has 1 N–H and O–H groups in total. The van der Waals surface area contributed by atoms with Crippen LogP contribution >= 0.6 is 0 Å². The molecule has 1 rings (SSSR count). The fourth-order valence-corrected chi connectivity index (χ4v) is 3.07. The Balaban J connectivity index is 2.21. The Hall–Kier alpha value is -0.0800. The Morgan fingerprint density at radius 3 is 2.68 bits per heavy atom. The van der Waals surface area contributed by atoms with Gasteiger partial charge in [-0.2, -0.15) is 0 Å². The molecule has 0 spiro atoms. The maximum atomic E-state index is 5.81. The second kappa shape index (κ2) is 9.77. The quantitative estimate of drug-likeness (QED) is 0.632. The molecule has 114 valence electrons. The largest absolute Gasteiger partial charge is 0.381 e. The third kappa shape index (κ3) is 7.31. The molecule has 19 heavy (non-hydrogen) atoms. The van der Waals surface area contributed by atoms with Gasteiger partial charge in [0.25, 0.3) is 0 Å². The lowest BCUT2D eigenvalue weighted by Gasteiger charge is -2.35. The number of hydrogen-bond donors (Lipinski definition) is 1. The zero-order chi connectivity index (χ0) is 14.1. The lowest BCUT2D eigenvalue weighted by Crippen LogP contribution is -2.41. The van der Waals surface area contributed by atoms with Crippen molar-refractivity contribution in [2.45, 2.75) is 72.3 Å². The van der Waals surface area contributed by atoms with E-state index in [-0.39, 0.29) is 0 Å². The van der Waals surface area contributed by atoms with E-state index in [1.54, 1.807) is 0 Å². The van der Waals surface area contributed by atoms with Crippen LogP contribution in [-0.4, -0.2) is 25.8 Å². The summed E-state index contributed by atoms with van der Waals surface area (Å²) in [5.41, 5.74) is 0. The van der Waals surface area contributed by atoms with Crippen LogP contribution in [0, 0.1) is 17.8 Å². The zero-order valence-electron chi connectivity index (χ0n) is 13.6. The first-order valence-electron chi connectivity index (χ1n) is 8.44. The second-order valence-corrected chi connectivity index (χ2v) is 6.82. The van der Waals surface area contributed by atoms with Crippen LogP contribution in [0.15, 0.2) is 0 Å². The molecular weight excluding hydrogens is 234 g/mol. The van der Waals surface area contributed by atoms with Gasteiger partial charge in [-0.15, -0.1) is 0 Å². The fraction of sp³-hybridized carbons (Fsp3) is 1.00. The Labute approximate surface area is 120 Å². The molecule has 1 saturated carbocycles. The first-order chi connectivity index (χ1) is 9.13. The van der Waals surface area contributed by atoms with Gasteiger partial charge >= 0.3 is 0 Å². The van der Waals surface area contributed by atoms with Crippen molar-refractivity contribution in [1.29, 1.82) is 0 Å². The standard InChI is InChI=1S/C17H35NO/c1-5-10-18-17-7-6-15(4)13-16(17)9-12-19-11-8-14(2)3/h14-18H,5-13H2,1-4H3. The first kappa shape index (κ1) is 17.0. The van der Waals surface area contributed by atoms with Gasteiger partial charge in [-0.05, 0) is 62.8 Å². The molecule has 0 aromatic rings. The normalized spacial score (nSPS) is 27.9. The van der Waals surface area contributed by atoms with Crippen LogP contribution < -0.4 is 5.32 Å². The minimum atomic E-state index is 0.741. The molecule has 0 amide bonds. The van der Waals surface area contributed by atoms with Crippen LogP contribution in [0.5, 0.6) is 0 Å². The number of hydrogen-bond acceptors (Lipinski definition) is 2. The van der Waals surface area contributed by atoms with Crippen LogP contribution in [0.25, 0.3) is 0 Å². The molecule has 1 fully saturated rings. The number of nitrogens with one attached hydrogen (secondary N) is 1. The van der Waals surface area contributed by atoms with E-state index in [4.69, 9.17) is 4.74 Å².